The number of benzene rings is 2. The van der Waals surface area contributed by atoms with Gasteiger partial charge in [0, 0.05) is 42.0 Å². The summed E-state index contributed by atoms with van der Waals surface area (Å²) in [4.78, 5) is 39.1. The summed E-state index contributed by atoms with van der Waals surface area (Å²) in [6.07, 6.45) is -4.68. The summed E-state index contributed by atoms with van der Waals surface area (Å²) < 4.78 is 11.7. The Bertz CT molecular complexity index is 1350. The molecule has 38 heavy (non-hydrogen) atoms. The molecule has 12 heteroatoms. The number of nitrogens with two attached hydrogens (primary N) is 1. The van der Waals surface area contributed by atoms with Crippen molar-refractivity contribution in [3.05, 3.63) is 51.6 Å². The zero-order valence-electron chi connectivity index (χ0n) is 20.5. The lowest BCUT2D eigenvalue weighted by molar-refractivity contribution is -0.247. The number of halogens is 1. The molecule has 0 amide bonds. The van der Waals surface area contributed by atoms with E-state index in [4.69, 9.17) is 15.2 Å². The molecule has 5 rings (SSSR count). The van der Waals surface area contributed by atoms with Crippen molar-refractivity contribution in [2.24, 2.45) is 5.73 Å². The van der Waals surface area contributed by atoms with Crippen LogP contribution >= 0.6 is 12.4 Å². The van der Waals surface area contributed by atoms with E-state index in [1.54, 1.807) is 6.92 Å². The Morgan fingerprint density at radius 2 is 1.76 bits per heavy atom. The molecule has 0 radical (unpaired) electrons. The molecule has 204 valence electrons. The van der Waals surface area contributed by atoms with Crippen molar-refractivity contribution in [3.8, 4) is 17.2 Å². The maximum Gasteiger partial charge on any atom is 0.202 e. The van der Waals surface area contributed by atoms with Crippen LogP contribution in [0.4, 0.5) is 0 Å². The third-order valence-corrected chi connectivity index (χ3v) is 7.59. The van der Waals surface area contributed by atoms with Crippen LogP contribution in [0, 0.1) is 0 Å². The maximum absolute atomic E-state index is 13.4. The Labute approximate surface area is 223 Å². The Morgan fingerprint density at radius 3 is 2.39 bits per heavy atom. The van der Waals surface area contributed by atoms with E-state index >= 15 is 0 Å². The molecule has 3 aliphatic rings. The number of ketones is 3. The second kappa shape index (κ2) is 9.60. The van der Waals surface area contributed by atoms with Gasteiger partial charge in [-0.15, -0.1) is 12.4 Å². The van der Waals surface area contributed by atoms with E-state index in [1.807, 2.05) is 0 Å². The SMILES string of the molecule is CC(=O)[C@]1(O)Cc2c(O)c3c(c(O)c2[C@@H](OC2C[C@H](N)[C@H](O)[C@H](C)O2)C1)C(=O)c1c(O)cccc1C3=O.Cl. The van der Waals surface area contributed by atoms with Gasteiger partial charge in [-0.3, -0.25) is 14.4 Å². The number of Topliss-reactive ketones (excluding diaryl/α,β-unsaturated/α-hetero) is 1. The van der Waals surface area contributed by atoms with Gasteiger partial charge in [-0.1, -0.05) is 12.1 Å². The van der Waals surface area contributed by atoms with Crippen LogP contribution in [0.3, 0.4) is 0 Å². The molecule has 2 aromatic rings. The van der Waals surface area contributed by atoms with Crippen LogP contribution in [-0.4, -0.2) is 73.0 Å². The first-order valence-electron chi connectivity index (χ1n) is 11.9. The summed E-state index contributed by atoms with van der Waals surface area (Å²) in [7, 11) is 0. The summed E-state index contributed by atoms with van der Waals surface area (Å²) in [5, 5.41) is 54.1. The van der Waals surface area contributed by atoms with Gasteiger partial charge in [-0.05, 0) is 19.9 Å². The van der Waals surface area contributed by atoms with E-state index in [2.05, 4.69) is 0 Å². The Hall–Kier alpha value is -3.06. The second-order valence-corrected chi connectivity index (χ2v) is 9.95. The minimum absolute atomic E-state index is 0. The Kier molecular flexibility index (Phi) is 7.06. The molecule has 0 bridgehead atoms. The molecule has 1 saturated heterocycles. The van der Waals surface area contributed by atoms with Crippen molar-refractivity contribution in [1.29, 1.82) is 0 Å². The van der Waals surface area contributed by atoms with Gasteiger partial charge in [0.05, 0.1) is 35.0 Å². The number of hydrogen-bond donors (Lipinski definition) is 6. The van der Waals surface area contributed by atoms with E-state index in [1.165, 1.54) is 18.2 Å². The third kappa shape index (κ3) is 4.06. The highest BCUT2D eigenvalue weighted by Gasteiger charge is 2.49. The molecule has 11 nitrogen and oxygen atoms in total. The van der Waals surface area contributed by atoms with Crippen LogP contribution in [-0.2, 0) is 20.7 Å². The number of ether oxygens (including phenoxy) is 2. The number of carbonyl (C=O) groups is 3. The number of rotatable bonds is 3. The van der Waals surface area contributed by atoms with E-state index in [0.29, 0.717) is 0 Å². The molecular weight excluding hydrogens is 522 g/mol. The van der Waals surface area contributed by atoms with Gasteiger partial charge in [-0.25, -0.2) is 0 Å². The first-order valence-corrected chi connectivity index (χ1v) is 11.9. The predicted octanol–water partition coefficient (Wildman–Crippen LogP) is 1.15. The smallest absolute Gasteiger partial charge is 0.202 e. The molecule has 0 spiro atoms. The van der Waals surface area contributed by atoms with Gasteiger partial charge in [-0.2, -0.15) is 0 Å². The van der Waals surface area contributed by atoms with Gasteiger partial charge in [0.2, 0.25) is 5.78 Å². The molecule has 6 atom stereocenters. The van der Waals surface area contributed by atoms with Gasteiger partial charge in [0.25, 0.3) is 0 Å². The Balaban J connectivity index is 0.00000336. The van der Waals surface area contributed by atoms with Crippen molar-refractivity contribution in [3.63, 3.8) is 0 Å². The summed E-state index contributed by atoms with van der Waals surface area (Å²) in [6.45, 7) is 2.76. The van der Waals surface area contributed by atoms with Crippen molar-refractivity contribution in [1.82, 2.24) is 0 Å². The average Bonchev–Trinajstić information content (AvgIpc) is 2.82. The summed E-state index contributed by atoms with van der Waals surface area (Å²) in [6, 6.07) is 3.20. The molecular formula is C26H28ClNO10. The zero-order chi connectivity index (χ0) is 27.0. The van der Waals surface area contributed by atoms with Gasteiger partial charge in [0.15, 0.2) is 17.9 Å². The van der Waals surface area contributed by atoms with Crippen LogP contribution < -0.4 is 5.73 Å². The molecule has 2 aliphatic carbocycles. The van der Waals surface area contributed by atoms with Crippen LogP contribution in [0.2, 0.25) is 0 Å². The minimum Gasteiger partial charge on any atom is -0.507 e. The number of phenolic OH excluding ortho intramolecular Hbond substituents is 3. The Morgan fingerprint density at radius 1 is 1.11 bits per heavy atom. The molecule has 2 aromatic carbocycles. The van der Waals surface area contributed by atoms with Crippen LogP contribution in [0.25, 0.3) is 0 Å². The van der Waals surface area contributed by atoms with Crippen molar-refractivity contribution >= 4 is 29.8 Å². The highest BCUT2D eigenvalue weighted by molar-refractivity contribution is 6.31. The number of fused-ring (bicyclic) bond motifs is 3. The fourth-order valence-electron chi connectivity index (χ4n) is 5.50. The van der Waals surface area contributed by atoms with E-state index in [-0.39, 0.29) is 47.5 Å². The average molecular weight is 550 g/mol. The largest absolute Gasteiger partial charge is 0.507 e. The summed E-state index contributed by atoms with van der Waals surface area (Å²) >= 11 is 0. The quantitative estimate of drug-likeness (QED) is 0.256. The third-order valence-electron chi connectivity index (χ3n) is 7.59. The number of phenols is 3. The molecule has 7 N–H and O–H groups in total. The lowest BCUT2D eigenvalue weighted by atomic mass is 9.72. The fraction of sp³-hybridized carbons (Fsp3) is 0.423. The summed E-state index contributed by atoms with van der Waals surface area (Å²) in [5.74, 6) is -4.13. The minimum atomic E-state index is -2.02. The van der Waals surface area contributed by atoms with Crippen molar-refractivity contribution in [2.45, 2.75) is 69.4 Å². The number of carbonyl (C=O) groups excluding carboxylic acids is 3. The molecule has 1 fully saturated rings. The number of hydrogen-bond acceptors (Lipinski definition) is 11. The van der Waals surface area contributed by atoms with Crippen LogP contribution in [0.5, 0.6) is 17.2 Å². The highest BCUT2D eigenvalue weighted by Crippen LogP contribution is 2.52. The fourth-order valence-corrected chi connectivity index (χ4v) is 5.50. The normalized spacial score (nSPS) is 30.1. The molecule has 0 saturated carbocycles. The van der Waals surface area contributed by atoms with Gasteiger partial charge in [0.1, 0.15) is 22.8 Å². The zero-order valence-corrected chi connectivity index (χ0v) is 21.3. The number of aliphatic hydroxyl groups is 2. The van der Waals surface area contributed by atoms with Crippen LogP contribution in [0.15, 0.2) is 18.2 Å². The van der Waals surface area contributed by atoms with Gasteiger partial charge < -0.3 is 40.7 Å². The first-order chi connectivity index (χ1) is 17.4. The van der Waals surface area contributed by atoms with E-state index in [0.717, 1.165) is 6.92 Å². The molecule has 1 unspecified atom stereocenters. The van der Waals surface area contributed by atoms with Crippen molar-refractivity contribution < 1.29 is 49.4 Å². The van der Waals surface area contributed by atoms with Crippen LogP contribution in [0.1, 0.15) is 75.8 Å². The molecule has 1 heterocycles. The van der Waals surface area contributed by atoms with Gasteiger partial charge >= 0.3 is 0 Å². The topological polar surface area (TPSA) is 197 Å². The first kappa shape index (κ1) is 28.0. The second-order valence-electron chi connectivity index (χ2n) is 9.95. The van der Waals surface area contributed by atoms with Crippen molar-refractivity contribution in [2.75, 3.05) is 0 Å². The standard InChI is InChI=1S/C26H27NO10.ClH/c1-9-21(30)13(27)6-16(36-9)37-15-8-26(35,10(2)28)7-12-18(15)25(34)20-19(23(12)32)22(31)11-4-3-5-14(29)17(11)24(20)33;/h3-5,9,13,15-16,21,29-30,32,34-35H,6-8,27H2,1-2H3;1H/t9-,13-,15-,16?,21+,26-;/m0./s1. The van der Waals surface area contributed by atoms with E-state index < -0.39 is 88.4 Å². The lowest BCUT2D eigenvalue weighted by Crippen LogP contribution is -2.52. The molecule has 0 aromatic heterocycles. The monoisotopic (exact) mass is 549 g/mol. The predicted molar refractivity (Wildman–Crippen MR) is 133 cm³/mol. The molecule has 1 aliphatic heterocycles. The highest BCUT2D eigenvalue weighted by atomic mass is 35.5. The van der Waals surface area contributed by atoms with E-state index in [9.17, 15) is 39.9 Å². The summed E-state index contributed by atoms with van der Waals surface area (Å²) in [5.41, 5.74) is 2.29. The maximum atomic E-state index is 13.4. The number of aliphatic hydroxyl groups excluding tert-OH is 1. The lowest BCUT2D eigenvalue weighted by Gasteiger charge is -2.42. The number of aromatic hydroxyl groups is 3.